The number of aliphatic hydroxyl groups is 1. The molecule has 0 rings (SSSR count). The number of hydrogen-bond donors (Lipinski definition) is 3. The standard InChI is InChI=1S/C74H144O17P2/c1-8-10-11-12-13-14-20-26-34-41-48-55-71(76)84-62-70(91-74(79)58-51-44-37-30-29-33-40-47-54-67(7)9-2)64-89-93(82,83)87-60-68(75)59-86-92(80,81)88-63-69(61-85-72(77)56-49-42-35-28-23-25-32-39-46-53-66(5)6)90-73(78)57-50-43-36-27-22-19-17-15-16-18-21-24-31-38-45-52-65(3)4/h65-70,75H,8-64H2,1-7H3,(H,80,81)(H,82,83)/t67?,68-,69-,70-/m1/s1. The summed E-state index contributed by atoms with van der Waals surface area (Å²) in [5.74, 6) is 0.195. The van der Waals surface area contributed by atoms with E-state index in [-0.39, 0.29) is 25.7 Å². The highest BCUT2D eigenvalue weighted by molar-refractivity contribution is 7.47. The molecule has 3 N–H and O–H groups in total. The Balaban J connectivity index is 5.24. The van der Waals surface area contributed by atoms with Gasteiger partial charge in [-0.2, -0.15) is 0 Å². The third kappa shape index (κ3) is 67.0. The van der Waals surface area contributed by atoms with Crippen LogP contribution in [0, 0.1) is 17.8 Å². The molecule has 0 fully saturated rings. The van der Waals surface area contributed by atoms with Crippen molar-refractivity contribution in [1.29, 1.82) is 0 Å². The molecular formula is C74H144O17P2. The summed E-state index contributed by atoms with van der Waals surface area (Å²) in [6.45, 7) is 11.9. The molecule has 3 unspecified atom stereocenters. The molecule has 17 nitrogen and oxygen atoms in total. The van der Waals surface area contributed by atoms with Gasteiger partial charge in [0.1, 0.15) is 19.3 Å². The van der Waals surface area contributed by atoms with Gasteiger partial charge in [-0.25, -0.2) is 9.13 Å². The van der Waals surface area contributed by atoms with Crippen molar-refractivity contribution in [3.8, 4) is 0 Å². The Bertz CT molecular complexity index is 1820. The van der Waals surface area contributed by atoms with Gasteiger partial charge in [-0.05, 0) is 43.4 Å². The maximum Gasteiger partial charge on any atom is 0.472 e. The smallest absolute Gasteiger partial charge is 0.462 e. The van der Waals surface area contributed by atoms with E-state index in [9.17, 15) is 43.2 Å². The zero-order valence-corrected chi connectivity index (χ0v) is 62.5. The first-order valence-electron chi connectivity index (χ1n) is 38.4. The van der Waals surface area contributed by atoms with Crippen molar-refractivity contribution >= 4 is 39.5 Å². The van der Waals surface area contributed by atoms with Crippen LogP contribution in [0.1, 0.15) is 376 Å². The van der Waals surface area contributed by atoms with Crippen LogP contribution in [-0.2, 0) is 65.4 Å². The van der Waals surface area contributed by atoms with E-state index in [4.69, 9.17) is 37.0 Å². The number of aliphatic hydroxyl groups excluding tert-OH is 1. The zero-order valence-electron chi connectivity index (χ0n) is 60.7. The number of carbonyl (C=O) groups is 4. The van der Waals surface area contributed by atoms with Crippen LogP contribution in [-0.4, -0.2) is 96.7 Å². The summed E-state index contributed by atoms with van der Waals surface area (Å²) >= 11 is 0. The van der Waals surface area contributed by atoms with Crippen molar-refractivity contribution in [2.75, 3.05) is 39.6 Å². The Labute approximate surface area is 568 Å². The van der Waals surface area contributed by atoms with Crippen LogP contribution in [0.4, 0.5) is 0 Å². The molecule has 0 spiro atoms. The lowest BCUT2D eigenvalue weighted by atomic mass is 9.99. The van der Waals surface area contributed by atoms with Crippen molar-refractivity contribution in [3.05, 3.63) is 0 Å². The molecule has 0 amide bonds. The summed E-state index contributed by atoms with van der Waals surface area (Å²) < 4.78 is 68.4. The van der Waals surface area contributed by atoms with Crippen LogP contribution in [0.2, 0.25) is 0 Å². The van der Waals surface area contributed by atoms with E-state index in [1.54, 1.807) is 0 Å². The van der Waals surface area contributed by atoms with E-state index in [0.717, 1.165) is 108 Å². The third-order valence-corrected chi connectivity index (χ3v) is 19.4. The lowest BCUT2D eigenvalue weighted by Crippen LogP contribution is -2.30. The minimum atomic E-state index is -4.96. The fourth-order valence-electron chi connectivity index (χ4n) is 11.2. The van der Waals surface area contributed by atoms with Crippen LogP contribution < -0.4 is 0 Å². The highest BCUT2D eigenvalue weighted by Gasteiger charge is 2.30. The fraction of sp³-hybridized carbons (Fsp3) is 0.946. The second kappa shape index (κ2) is 64.7. The summed E-state index contributed by atoms with van der Waals surface area (Å²) in [5.41, 5.74) is 0. The minimum absolute atomic E-state index is 0.105. The predicted octanol–water partition coefficient (Wildman–Crippen LogP) is 21.4. The molecule has 0 saturated heterocycles. The summed E-state index contributed by atoms with van der Waals surface area (Å²) in [6.07, 6.45) is 49.8. The molecule has 0 heterocycles. The summed E-state index contributed by atoms with van der Waals surface area (Å²) in [6, 6.07) is 0. The Morgan fingerprint density at radius 1 is 0.312 bits per heavy atom. The average Bonchev–Trinajstić information content (AvgIpc) is 1.53. The van der Waals surface area contributed by atoms with Gasteiger partial charge in [0.05, 0.1) is 26.4 Å². The Morgan fingerprint density at radius 3 is 0.817 bits per heavy atom. The number of carbonyl (C=O) groups excluding carboxylic acids is 4. The molecule has 0 aliphatic rings. The second-order valence-corrected chi connectivity index (χ2v) is 30.8. The lowest BCUT2D eigenvalue weighted by molar-refractivity contribution is -0.161. The molecule has 0 aliphatic heterocycles. The number of rotatable bonds is 72. The second-order valence-electron chi connectivity index (χ2n) is 27.9. The molecular weight excluding hydrogens is 1220 g/mol. The number of hydrogen-bond acceptors (Lipinski definition) is 15. The number of ether oxygens (including phenoxy) is 4. The van der Waals surface area contributed by atoms with Crippen LogP contribution in [0.3, 0.4) is 0 Å². The topological polar surface area (TPSA) is 237 Å². The van der Waals surface area contributed by atoms with E-state index < -0.39 is 97.5 Å². The van der Waals surface area contributed by atoms with E-state index >= 15 is 0 Å². The van der Waals surface area contributed by atoms with Crippen molar-refractivity contribution in [3.63, 3.8) is 0 Å². The van der Waals surface area contributed by atoms with E-state index in [0.29, 0.717) is 25.7 Å². The van der Waals surface area contributed by atoms with Gasteiger partial charge in [-0.3, -0.25) is 37.3 Å². The van der Waals surface area contributed by atoms with Gasteiger partial charge in [0.2, 0.25) is 0 Å². The Hall–Kier alpha value is -1.94. The first-order chi connectivity index (χ1) is 44.8. The first kappa shape index (κ1) is 91.1. The van der Waals surface area contributed by atoms with Crippen molar-refractivity contribution in [2.24, 2.45) is 17.8 Å². The first-order valence-corrected chi connectivity index (χ1v) is 41.4. The number of esters is 4. The van der Waals surface area contributed by atoms with Gasteiger partial charge >= 0.3 is 39.5 Å². The third-order valence-electron chi connectivity index (χ3n) is 17.5. The van der Waals surface area contributed by atoms with Gasteiger partial charge in [0.25, 0.3) is 0 Å². The maximum atomic E-state index is 13.1. The van der Waals surface area contributed by atoms with Crippen molar-refractivity contribution < 1.29 is 80.2 Å². The summed E-state index contributed by atoms with van der Waals surface area (Å²) in [5, 5.41) is 10.6. The monoisotopic (exact) mass is 1370 g/mol. The fourth-order valence-corrected chi connectivity index (χ4v) is 12.8. The highest BCUT2D eigenvalue weighted by Crippen LogP contribution is 2.45. The van der Waals surface area contributed by atoms with Crippen LogP contribution in [0.25, 0.3) is 0 Å². The van der Waals surface area contributed by atoms with Crippen LogP contribution in [0.15, 0.2) is 0 Å². The predicted molar refractivity (Wildman–Crippen MR) is 377 cm³/mol. The van der Waals surface area contributed by atoms with Crippen molar-refractivity contribution in [2.45, 2.75) is 394 Å². The molecule has 552 valence electrons. The number of phosphoric ester groups is 2. The molecule has 0 radical (unpaired) electrons. The molecule has 0 aromatic heterocycles. The maximum absolute atomic E-state index is 13.1. The molecule has 6 atom stereocenters. The van der Waals surface area contributed by atoms with Gasteiger partial charge in [-0.1, -0.05) is 325 Å². The molecule has 0 bridgehead atoms. The SMILES string of the molecule is CCCCCCCCCCCCCC(=O)OC[C@H](COP(=O)(O)OC[C@H](O)COP(=O)(O)OC[C@@H](COC(=O)CCCCCCCCCCCC(C)C)OC(=O)CCCCCCCCCCCCCCCCCC(C)C)OC(=O)CCCCCCCCCCC(C)CC. The molecule has 93 heavy (non-hydrogen) atoms. The van der Waals surface area contributed by atoms with E-state index in [1.165, 1.54) is 186 Å². The number of phosphoric acid groups is 2. The van der Waals surface area contributed by atoms with Gasteiger partial charge < -0.3 is 33.8 Å². The number of unbranched alkanes of at least 4 members (excludes halogenated alkanes) is 39. The normalized spacial score (nSPS) is 14.4. The van der Waals surface area contributed by atoms with Gasteiger partial charge in [-0.15, -0.1) is 0 Å². The van der Waals surface area contributed by atoms with Crippen LogP contribution >= 0.6 is 15.6 Å². The largest absolute Gasteiger partial charge is 0.472 e. The summed E-state index contributed by atoms with van der Waals surface area (Å²) in [4.78, 5) is 72.7. The molecule has 0 aromatic carbocycles. The average molecular weight is 1370 g/mol. The Morgan fingerprint density at radius 2 is 0.548 bits per heavy atom. The molecule has 19 heteroatoms. The van der Waals surface area contributed by atoms with Crippen molar-refractivity contribution in [1.82, 2.24) is 0 Å². The Kier molecular flexibility index (Phi) is 63.4. The highest BCUT2D eigenvalue weighted by atomic mass is 31.2. The molecule has 0 aliphatic carbocycles. The minimum Gasteiger partial charge on any atom is -0.462 e. The summed E-state index contributed by atoms with van der Waals surface area (Å²) in [7, 11) is -9.91. The van der Waals surface area contributed by atoms with Gasteiger partial charge in [0, 0.05) is 25.7 Å². The molecule has 0 saturated carbocycles. The zero-order chi connectivity index (χ0) is 68.7. The molecule has 0 aromatic rings. The van der Waals surface area contributed by atoms with Crippen LogP contribution in [0.5, 0.6) is 0 Å². The van der Waals surface area contributed by atoms with Gasteiger partial charge in [0.15, 0.2) is 12.2 Å². The van der Waals surface area contributed by atoms with E-state index in [2.05, 4.69) is 48.5 Å². The lowest BCUT2D eigenvalue weighted by Gasteiger charge is -2.21. The van der Waals surface area contributed by atoms with E-state index in [1.807, 2.05) is 0 Å². The quantitative estimate of drug-likeness (QED) is 0.0222.